The molecule has 2 aliphatic heterocycles. The minimum absolute atomic E-state index is 0.0443. The number of likely N-dealkylation sites (tertiary alicyclic amines) is 1. The second-order valence-corrected chi connectivity index (χ2v) is 10.9. The highest BCUT2D eigenvalue weighted by Crippen LogP contribution is 2.29. The molecule has 36 heavy (non-hydrogen) atoms. The van der Waals surface area contributed by atoms with Gasteiger partial charge in [0.2, 0.25) is 11.9 Å². The number of carbonyl (C=O) groups excluding carboxylic acids is 2. The smallest absolute Gasteiger partial charge is 0.414 e. The molecule has 200 valence electrons. The van der Waals surface area contributed by atoms with Gasteiger partial charge in [0.15, 0.2) is 0 Å². The number of aliphatic imine (C=N–C) groups is 1. The molecule has 2 aliphatic carbocycles. The Labute approximate surface area is 214 Å². The Morgan fingerprint density at radius 3 is 2.39 bits per heavy atom. The number of carbonyl (C=O) groups is 2. The number of morpholine rings is 1. The van der Waals surface area contributed by atoms with Gasteiger partial charge in [-0.1, -0.05) is 32.1 Å². The van der Waals surface area contributed by atoms with E-state index in [-0.39, 0.29) is 12.0 Å². The van der Waals surface area contributed by atoms with E-state index in [0.29, 0.717) is 57.4 Å². The zero-order valence-electron chi connectivity index (χ0n) is 21.7. The van der Waals surface area contributed by atoms with E-state index in [1.165, 1.54) is 19.3 Å². The minimum Gasteiger partial charge on any atom is -0.446 e. The quantitative estimate of drug-likeness (QED) is 0.423. The van der Waals surface area contributed by atoms with Crippen LogP contribution in [0.25, 0.3) is 0 Å². The highest BCUT2D eigenvalue weighted by molar-refractivity contribution is 5.96. The predicted molar refractivity (Wildman–Crippen MR) is 135 cm³/mol. The van der Waals surface area contributed by atoms with Crippen LogP contribution >= 0.6 is 0 Å². The predicted octanol–water partition coefficient (Wildman–Crippen LogP) is 2.40. The molecule has 2 amide bonds. The number of amides is 2. The van der Waals surface area contributed by atoms with Crippen LogP contribution in [-0.2, 0) is 14.3 Å². The van der Waals surface area contributed by atoms with Crippen LogP contribution in [-0.4, -0.2) is 91.9 Å². The molecule has 10 heteroatoms. The molecule has 0 aromatic rings. The first-order valence-electron chi connectivity index (χ1n) is 13.8. The van der Waals surface area contributed by atoms with E-state index in [0.717, 1.165) is 45.2 Å². The van der Waals surface area contributed by atoms with Crippen LogP contribution in [0.2, 0.25) is 0 Å². The Hall–Kier alpha value is -2.38. The molecule has 2 heterocycles. The average Bonchev–Trinajstić information content (AvgIpc) is 2.88. The molecule has 10 nitrogen and oxygen atoms in total. The fourth-order valence-electron chi connectivity index (χ4n) is 5.42. The Balaban J connectivity index is 1.54. The van der Waals surface area contributed by atoms with E-state index in [1.54, 1.807) is 0 Å². The van der Waals surface area contributed by atoms with Crippen molar-refractivity contribution in [1.29, 1.82) is 5.26 Å². The number of rotatable bonds is 6. The molecule has 4 aliphatic rings. The summed E-state index contributed by atoms with van der Waals surface area (Å²) in [4.78, 5) is 35.4. The number of hydrogen-bond acceptors (Lipinski definition) is 7. The normalized spacial score (nSPS) is 24.8. The van der Waals surface area contributed by atoms with Gasteiger partial charge in [-0.15, -0.1) is 0 Å². The summed E-state index contributed by atoms with van der Waals surface area (Å²) in [5.41, 5.74) is -0.875. The van der Waals surface area contributed by atoms with Crippen molar-refractivity contribution in [3.05, 3.63) is 0 Å². The SMILES string of the molecule is CN1CCC(C#N)(NC(=O)[C@H](CC2CCCCC2)N=C(NC(=O)OC2CCC2)N2CCOCC2)CC1. The second-order valence-electron chi connectivity index (χ2n) is 10.9. The Morgan fingerprint density at radius 2 is 1.78 bits per heavy atom. The summed E-state index contributed by atoms with van der Waals surface area (Å²) in [5, 5.41) is 15.9. The van der Waals surface area contributed by atoms with E-state index in [1.807, 2.05) is 11.9 Å². The fourth-order valence-corrected chi connectivity index (χ4v) is 5.42. The van der Waals surface area contributed by atoms with Crippen molar-refractivity contribution < 1.29 is 19.1 Å². The van der Waals surface area contributed by atoms with Crippen LogP contribution in [0.4, 0.5) is 4.79 Å². The van der Waals surface area contributed by atoms with Crippen molar-refractivity contribution in [2.45, 2.75) is 88.3 Å². The number of piperidine rings is 1. The van der Waals surface area contributed by atoms with Crippen molar-refractivity contribution in [3.8, 4) is 6.07 Å². The molecule has 2 saturated carbocycles. The number of nitrogens with one attached hydrogen (secondary N) is 2. The van der Waals surface area contributed by atoms with E-state index in [2.05, 4.69) is 21.6 Å². The molecule has 0 aromatic carbocycles. The van der Waals surface area contributed by atoms with Crippen molar-refractivity contribution >= 4 is 18.0 Å². The zero-order chi connectivity index (χ0) is 25.4. The van der Waals surface area contributed by atoms with Crippen LogP contribution in [0.5, 0.6) is 0 Å². The van der Waals surface area contributed by atoms with Gasteiger partial charge < -0.3 is 24.6 Å². The largest absolute Gasteiger partial charge is 0.446 e. The molecule has 0 bridgehead atoms. The van der Waals surface area contributed by atoms with Gasteiger partial charge in [-0.05, 0) is 51.5 Å². The summed E-state index contributed by atoms with van der Waals surface area (Å²) in [7, 11) is 2.03. The van der Waals surface area contributed by atoms with Gasteiger partial charge in [-0.25, -0.2) is 9.79 Å². The number of alkyl carbamates (subject to hydrolysis) is 1. The van der Waals surface area contributed by atoms with E-state index >= 15 is 0 Å². The summed E-state index contributed by atoms with van der Waals surface area (Å²) in [5.74, 6) is 0.543. The van der Waals surface area contributed by atoms with Gasteiger partial charge >= 0.3 is 6.09 Å². The van der Waals surface area contributed by atoms with Crippen LogP contribution < -0.4 is 10.6 Å². The van der Waals surface area contributed by atoms with Crippen LogP contribution in [0.1, 0.15) is 70.6 Å². The standard InChI is InChI=1S/C26H42N6O4/c1-31-12-10-26(19-27,11-13-31)30-23(33)22(18-20-6-3-2-4-7-20)28-24(32-14-16-35-17-15-32)29-25(34)36-21-8-5-9-21/h20-22H,2-18H2,1H3,(H,30,33)(H,28,29,34)/t22-/m0/s1. The molecule has 4 fully saturated rings. The molecular weight excluding hydrogens is 460 g/mol. The third-order valence-electron chi connectivity index (χ3n) is 8.13. The Kier molecular flexibility index (Phi) is 9.43. The van der Waals surface area contributed by atoms with Gasteiger partial charge in [-0.3, -0.25) is 10.1 Å². The zero-order valence-corrected chi connectivity index (χ0v) is 21.7. The molecule has 2 N–H and O–H groups in total. The molecule has 2 saturated heterocycles. The summed E-state index contributed by atoms with van der Waals surface area (Å²) < 4.78 is 11.0. The lowest BCUT2D eigenvalue weighted by atomic mass is 9.84. The first-order valence-corrected chi connectivity index (χ1v) is 13.8. The molecule has 1 atom stereocenters. The van der Waals surface area contributed by atoms with Gasteiger partial charge in [-0.2, -0.15) is 5.26 Å². The molecule has 0 spiro atoms. The first-order chi connectivity index (χ1) is 17.5. The summed E-state index contributed by atoms with van der Waals surface area (Å²) in [6.45, 7) is 3.74. The van der Waals surface area contributed by atoms with Crippen LogP contribution in [0.15, 0.2) is 4.99 Å². The highest BCUT2D eigenvalue weighted by atomic mass is 16.6. The van der Waals surface area contributed by atoms with E-state index in [9.17, 15) is 14.9 Å². The number of nitriles is 1. The lowest BCUT2D eigenvalue weighted by Crippen LogP contribution is -2.56. The van der Waals surface area contributed by atoms with Crippen molar-refractivity contribution in [1.82, 2.24) is 20.4 Å². The third kappa shape index (κ3) is 7.32. The maximum absolute atomic E-state index is 13.7. The number of ether oxygens (including phenoxy) is 2. The van der Waals surface area contributed by atoms with Gasteiger partial charge in [0, 0.05) is 26.2 Å². The van der Waals surface area contributed by atoms with Crippen LogP contribution in [0.3, 0.4) is 0 Å². The number of nitrogens with zero attached hydrogens (tertiary/aromatic N) is 4. The number of hydrogen-bond donors (Lipinski definition) is 2. The highest BCUT2D eigenvalue weighted by Gasteiger charge is 2.38. The molecule has 0 unspecified atom stereocenters. The van der Waals surface area contributed by atoms with E-state index in [4.69, 9.17) is 14.5 Å². The lowest BCUT2D eigenvalue weighted by molar-refractivity contribution is -0.124. The van der Waals surface area contributed by atoms with Gasteiger partial charge in [0.25, 0.3) is 0 Å². The summed E-state index contributed by atoms with van der Waals surface area (Å²) >= 11 is 0. The minimum atomic E-state index is -0.875. The van der Waals surface area contributed by atoms with Crippen molar-refractivity contribution in [3.63, 3.8) is 0 Å². The molecular formula is C26H42N6O4. The molecule has 0 radical (unpaired) electrons. The summed E-state index contributed by atoms with van der Waals surface area (Å²) in [6.07, 6.45) is 9.79. The summed E-state index contributed by atoms with van der Waals surface area (Å²) in [6, 6.07) is 1.71. The average molecular weight is 503 g/mol. The molecule has 4 rings (SSSR count). The second kappa shape index (κ2) is 12.7. The first kappa shape index (κ1) is 26.7. The lowest BCUT2D eigenvalue weighted by Gasteiger charge is -2.37. The number of guanidine groups is 1. The van der Waals surface area contributed by atoms with E-state index < -0.39 is 17.7 Å². The molecule has 0 aromatic heterocycles. The van der Waals surface area contributed by atoms with Crippen molar-refractivity contribution in [2.75, 3.05) is 46.4 Å². The van der Waals surface area contributed by atoms with Gasteiger partial charge in [0.05, 0.1) is 19.3 Å². The maximum atomic E-state index is 13.7. The van der Waals surface area contributed by atoms with Crippen LogP contribution in [0, 0.1) is 17.2 Å². The van der Waals surface area contributed by atoms with Gasteiger partial charge in [0.1, 0.15) is 17.7 Å². The van der Waals surface area contributed by atoms with Crippen molar-refractivity contribution in [2.24, 2.45) is 10.9 Å². The Bertz CT molecular complexity index is 819. The maximum Gasteiger partial charge on any atom is 0.414 e. The fraction of sp³-hybridized carbons (Fsp3) is 0.846. The monoisotopic (exact) mass is 502 g/mol. The Morgan fingerprint density at radius 1 is 1.08 bits per heavy atom. The third-order valence-corrected chi connectivity index (χ3v) is 8.13. The topological polar surface area (TPSA) is 119 Å².